The van der Waals surface area contributed by atoms with Gasteiger partial charge in [0.05, 0.1) is 17.3 Å². The summed E-state index contributed by atoms with van der Waals surface area (Å²) in [6.45, 7) is 2.31. The molecule has 0 radical (unpaired) electrons. The fourth-order valence-electron chi connectivity index (χ4n) is 3.51. The first-order chi connectivity index (χ1) is 15.0. The van der Waals surface area contributed by atoms with Gasteiger partial charge in [-0.05, 0) is 50.8 Å². The Morgan fingerprint density at radius 3 is 2.65 bits per heavy atom. The number of hydrogen-bond donors (Lipinski definition) is 1. The number of likely N-dealkylation sites (N-methyl/N-ethyl adjacent to an activating group) is 1. The van der Waals surface area contributed by atoms with Gasteiger partial charge in [-0.2, -0.15) is 9.78 Å². The topological polar surface area (TPSA) is 75.9 Å². The highest BCUT2D eigenvalue weighted by atomic mass is 35.5. The molecule has 158 valence electrons. The molecule has 7 nitrogen and oxygen atoms in total. The molecule has 31 heavy (non-hydrogen) atoms. The number of aromatic nitrogens is 4. The zero-order valence-corrected chi connectivity index (χ0v) is 18.3. The average Bonchev–Trinajstić information content (AvgIpc) is 3.11. The predicted octanol–water partition coefficient (Wildman–Crippen LogP) is 3.81. The number of carbonyl (C=O) groups excluding carboxylic acids is 1. The fraction of sp³-hybridized carbons (Fsp3) is 0.217. The van der Waals surface area contributed by atoms with Crippen molar-refractivity contribution < 1.29 is 4.79 Å². The third-order valence-corrected chi connectivity index (χ3v) is 5.52. The van der Waals surface area contributed by atoms with Gasteiger partial charge in [0.15, 0.2) is 11.5 Å². The molecular formula is C23H23ClN6O. The first-order valence-corrected chi connectivity index (χ1v) is 10.3. The molecule has 1 amide bonds. The molecule has 0 aliphatic rings. The minimum Gasteiger partial charge on any atom is -0.350 e. The second kappa shape index (κ2) is 8.83. The van der Waals surface area contributed by atoms with Gasteiger partial charge >= 0.3 is 0 Å². The molecule has 1 atom stereocenters. The number of carbonyl (C=O) groups is 1. The molecule has 4 aromatic rings. The molecule has 0 spiro atoms. The third-order valence-electron chi connectivity index (χ3n) is 5.18. The summed E-state index contributed by atoms with van der Waals surface area (Å²) in [6, 6.07) is 15.0. The monoisotopic (exact) mass is 434 g/mol. The Labute approximate surface area is 185 Å². The van der Waals surface area contributed by atoms with Crippen LogP contribution in [0.15, 0.2) is 60.9 Å². The lowest BCUT2D eigenvalue weighted by Gasteiger charge is -2.26. The molecule has 8 heteroatoms. The van der Waals surface area contributed by atoms with Gasteiger partial charge in [0.25, 0.3) is 5.91 Å². The SMILES string of the molecule is Cc1nn(-c2ccccn2)c2ncc(C(=O)NC[C@@H](c3ccccc3Cl)N(C)C)cc12. The van der Waals surface area contributed by atoms with Crippen LogP contribution < -0.4 is 5.32 Å². The quantitative estimate of drug-likeness (QED) is 0.499. The third kappa shape index (κ3) is 4.28. The van der Waals surface area contributed by atoms with Crippen LogP contribution in [0.3, 0.4) is 0 Å². The summed E-state index contributed by atoms with van der Waals surface area (Å²) in [5.41, 5.74) is 2.89. The number of benzene rings is 1. The molecule has 1 N–H and O–H groups in total. The van der Waals surface area contributed by atoms with Crippen LogP contribution in [-0.4, -0.2) is 51.2 Å². The lowest BCUT2D eigenvalue weighted by Crippen LogP contribution is -2.34. The van der Waals surface area contributed by atoms with E-state index in [-0.39, 0.29) is 11.9 Å². The smallest absolute Gasteiger partial charge is 0.252 e. The van der Waals surface area contributed by atoms with Crippen molar-refractivity contribution in [2.24, 2.45) is 0 Å². The van der Waals surface area contributed by atoms with Crippen LogP contribution in [0.5, 0.6) is 0 Å². The van der Waals surface area contributed by atoms with E-state index in [0.717, 1.165) is 16.6 Å². The van der Waals surface area contributed by atoms with Crippen molar-refractivity contribution >= 4 is 28.5 Å². The number of fused-ring (bicyclic) bond motifs is 1. The van der Waals surface area contributed by atoms with Crippen molar-refractivity contribution in [3.8, 4) is 5.82 Å². The first kappa shape index (κ1) is 21.0. The molecule has 0 fully saturated rings. The van der Waals surface area contributed by atoms with Crippen LogP contribution in [0, 0.1) is 6.92 Å². The highest BCUT2D eigenvalue weighted by Crippen LogP contribution is 2.26. The van der Waals surface area contributed by atoms with E-state index in [0.29, 0.717) is 28.6 Å². The molecule has 3 heterocycles. The summed E-state index contributed by atoms with van der Waals surface area (Å²) in [6.07, 6.45) is 3.28. The number of nitrogens with one attached hydrogen (secondary N) is 1. The maximum atomic E-state index is 12.9. The van der Waals surface area contributed by atoms with E-state index in [1.807, 2.05) is 74.4 Å². The van der Waals surface area contributed by atoms with E-state index in [9.17, 15) is 4.79 Å². The number of rotatable bonds is 6. The van der Waals surface area contributed by atoms with Crippen LogP contribution in [0.1, 0.15) is 27.7 Å². The van der Waals surface area contributed by atoms with Crippen molar-refractivity contribution in [3.05, 3.63) is 82.8 Å². The highest BCUT2D eigenvalue weighted by Gasteiger charge is 2.19. The van der Waals surface area contributed by atoms with Crippen LogP contribution >= 0.6 is 11.6 Å². The zero-order chi connectivity index (χ0) is 22.0. The minimum atomic E-state index is -0.196. The number of aryl methyl sites for hydroxylation is 1. The first-order valence-electron chi connectivity index (χ1n) is 9.91. The maximum Gasteiger partial charge on any atom is 0.252 e. The molecule has 0 unspecified atom stereocenters. The zero-order valence-electron chi connectivity index (χ0n) is 17.6. The predicted molar refractivity (Wildman–Crippen MR) is 122 cm³/mol. The van der Waals surface area contributed by atoms with E-state index < -0.39 is 0 Å². The Morgan fingerprint density at radius 2 is 1.94 bits per heavy atom. The summed E-state index contributed by atoms with van der Waals surface area (Å²) in [5, 5.41) is 9.05. The molecule has 1 aromatic carbocycles. The Bertz CT molecular complexity index is 1220. The van der Waals surface area contributed by atoms with E-state index in [4.69, 9.17) is 11.6 Å². The number of hydrogen-bond acceptors (Lipinski definition) is 5. The summed E-state index contributed by atoms with van der Waals surface area (Å²) < 4.78 is 1.69. The molecule has 0 aliphatic heterocycles. The van der Waals surface area contributed by atoms with Gasteiger partial charge in [-0.15, -0.1) is 0 Å². The maximum absolute atomic E-state index is 12.9. The Kier molecular flexibility index (Phi) is 5.97. The van der Waals surface area contributed by atoms with Gasteiger partial charge in [-0.1, -0.05) is 35.9 Å². The largest absolute Gasteiger partial charge is 0.350 e. The van der Waals surface area contributed by atoms with Crippen molar-refractivity contribution in [2.75, 3.05) is 20.6 Å². The number of pyridine rings is 2. The van der Waals surface area contributed by atoms with Crippen LogP contribution in [-0.2, 0) is 0 Å². The molecule has 0 aliphatic carbocycles. The minimum absolute atomic E-state index is 0.0528. The number of nitrogens with zero attached hydrogens (tertiary/aromatic N) is 5. The van der Waals surface area contributed by atoms with Crippen LogP contribution in [0.2, 0.25) is 5.02 Å². The number of halogens is 1. The van der Waals surface area contributed by atoms with E-state index in [1.165, 1.54) is 0 Å². The molecule has 3 aromatic heterocycles. The summed E-state index contributed by atoms with van der Waals surface area (Å²) in [4.78, 5) is 23.7. The molecule has 0 bridgehead atoms. The van der Waals surface area contributed by atoms with Gasteiger partial charge in [-0.25, -0.2) is 9.97 Å². The normalized spacial score (nSPS) is 12.3. The molecule has 0 saturated carbocycles. The van der Waals surface area contributed by atoms with Gasteiger partial charge in [0.1, 0.15) is 0 Å². The standard InChI is InChI=1S/C23H23ClN6O/c1-15-18-12-16(13-26-22(18)30(28-15)21-10-6-7-11-25-21)23(31)27-14-20(29(2)3)17-8-4-5-9-19(17)24/h4-13,20H,14H2,1-3H3,(H,27,31)/t20-/m0/s1. The van der Waals surface area contributed by atoms with Crippen LogP contribution in [0.25, 0.3) is 16.9 Å². The van der Waals surface area contributed by atoms with E-state index in [2.05, 4.69) is 20.4 Å². The Morgan fingerprint density at radius 1 is 1.16 bits per heavy atom. The van der Waals surface area contributed by atoms with Gasteiger partial charge < -0.3 is 10.2 Å². The molecule has 0 saturated heterocycles. The summed E-state index contributed by atoms with van der Waals surface area (Å²) in [5.74, 6) is 0.483. The van der Waals surface area contributed by atoms with Crippen molar-refractivity contribution in [3.63, 3.8) is 0 Å². The van der Waals surface area contributed by atoms with Gasteiger partial charge in [0.2, 0.25) is 0 Å². The average molecular weight is 435 g/mol. The summed E-state index contributed by atoms with van der Waals surface area (Å²) in [7, 11) is 3.92. The Balaban J connectivity index is 1.57. The lowest BCUT2D eigenvalue weighted by atomic mass is 10.1. The second-order valence-electron chi connectivity index (χ2n) is 7.49. The second-order valence-corrected chi connectivity index (χ2v) is 7.90. The van der Waals surface area contributed by atoms with Gasteiger partial charge in [0, 0.05) is 29.3 Å². The highest BCUT2D eigenvalue weighted by molar-refractivity contribution is 6.31. The summed E-state index contributed by atoms with van der Waals surface area (Å²) >= 11 is 6.37. The molecule has 4 rings (SSSR count). The van der Waals surface area contributed by atoms with E-state index >= 15 is 0 Å². The van der Waals surface area contributed by atoms with Crippen molar-refractivity contribution in [2.45, 2.75) is 13.0 Å². The van der Waals surface area contributed by atoms with Crippen LogP contribution in [0.4, 0.5) is 0 Å². The Hall–Kier alpha value is -3.29. The van der Waals surface area contributed by atoms with E-state index in [1.54, 1.807) is 17.1 Å². The van der Waals surface area contributed by atoms with Crippen molar-refractivity contribution in [1.82, 2.24) is 30.0 Å². The lowest BCUT2D eigenvalue weighted by molar-refractivity contribution is 0.0941. The molecular weight excluding hydrogens is 412 g/mol. The number of amides is 1. The fourth-order valence-corrected chi connectivity index (χ4v) is 3.78. The van der Waals surface area contributed by atoms with Gasteiger partial charge in [-0.3, -0.25) is 4.79 Å². The van der Waals surface area contributed by atoms with Crippen molar-refractivity contribution in [1.29, 1.82) is 0 Å².